The van der Waals surface area contributed by atoms with Gasteiger partial charge < -0.3 is 5.32 Å². The van der Waals surface area contributed by atoms with Gasteiger partial charge in [0, 0.05) is 34.6 Å². The summed E-state index contributed by atoms with van der Waals surface area (Å²) in [5.41, 5.74) is 1.21. The molecule has 0 aliphatic rings. The Hall–Kier alpha value is 0.0500. The predicted molar refractivity (Wildman–Crippen MR) is 81.9 cm³/mol. The number of rotatable bonds is 7. The third-order valence-electron chi connectivity index (χ3n) is 2.95. The molecule has 0 saturated carbocycles. The second-order valence-electron chi connectivity index (χ2n) is 5.26. The SMILES string of the molecule is CC(C)(CCCCl)CNCc1c(Cl)cccc1Cl. The van der Waals surface area contributed by atoms with Gasteiger partial charge in [0.05, 0.1) is 0 Å². The fourth-order valence-electron chi connectivity index (χ4n) is 1.86. The zero-order chi connectivity index (χ0) is 13.6. The number of hydrogen-bond donors (Lipinski definition) is 1. The molecule has 0 saturated heterocycles. The molecule has 102 valence electrons. The molecule has 0 aliphatic carbocycles. The fourth-order valence-corrected chi connectivity index (χ4v) is 2.53. The van der Waals surface area contributed by atoms with Gasteiger partial charge in [-0.2, -0.15) is 0 Å². The Morgan fingerprint density at radius 1 is 1.17 bits per heavy atom. The van der Waals surface area contributed by atoms with E-state index >= 15 is 0 Å². The molecule has 0 aliphatic heterocycles. The molecule has 0 bridgehead atoms. The molecular formula is C14H20Cl3N. The lowest BCUT2D eigenvalue weighted by Gasteiger charge is -2.25. The fraction of sp³-hybridized carbons (Fsp3) is 0.571. The summed E-state index contributed by atoms with van der Waals surface area (Å²) < 4.78 is 0. The van der Waals surface area contributed by atoms with Crippen LogP contribution in [0.3, 0.4) is 0 Å². The van der Waals surface area contributed by atoms with Crippen LogP contribution in [0, 0.1) is 5.41 Å². The Bertz CT molecular complexity index is 357. The first-order valence-corrected chi connectivity index (χ1v) is 7.45. The number of nitrogens with one attached hydrogen (secondary N) is 1. The topological polar surface area (TPSA) is 12.0 Å². The molecule has 1 aromatic rings. The van der Waals surface area contributed by atoms with Gasteiger partial charge in [-0.1, -0.05) is 43.1 Å². The highest BCUT2D eigenvalue weighted by atomic mass is 35.5. The lowest BCUT2D eigenvalue weighted by Crippen LogP contribution is -2.29. The number of benzene rings is 1. The third kappa shape index (κ3) is 5.36. The van der Waals surface area contributed by atoms with Crippen molar-refractivity contribution < 1.29 is 0 Å². The summed E-state index contributed by atoms with van der Waals surface area (Å²) in [5.74, 6) is 0.722. The maximum atomic E-state index is 6.12. The zero-order valence-corrected chi connectivity index (χ0v) is 13.2. The van der Waals surface area contributed by atoms with E-state index in [1.807, 2.05) is 18.2 Å². The largest absolute Gasteiger partial charge is 0.312 e. The molecule has 1 aromatic carbocycles. The van der Waals surface area contributed by atoms with Crippen molar-refractivity contribution in [2.24, 2.45) is 5.41 Å². The van der Waals surface area contributed by atoms with Gasteiger partial charge in [-0.05, 0) is 30.4 Å². The van der Waals surface area contributed by atoms with Crippen molar-refractivity contribution in [2.45, 2.75) is 33.2 Å². The van der Waals surface area contributed by atoms with Crippen molar-refractivity contribution >= 4 is 34.8 Å². The maximum Gasteiger partial charge on any atom is 0.0465 e. The number of alkyl halides is 1. The Kier molecular flexibility index (Phi) is 6.79. The van der Waals surface area contributed by atoms with Crippen molar-refractivity contribution in [2.75, 3.05) is 12.4 Å². The number of hydrogen-bond acceptors (Lipinski definition) is 1. The van der Waals surface area contributed by atoms with Gasteiger partial charge in [-0.25, -0.2) is 0 Å². The molecule has 0 aromatic heterocycles. The second kappa shape index (κ2) is 7.59. The molecule has 0 amide bonds. The average molecular weight is 309 g/mol. The van der Waals surface area contributed by atoms with E-state index in [9.17, 15) is 0 Å². The highest BCUT2D eigenvalue weighted by Gasteiger charge is 2.17. The highest BCUT2D eigenvalue weighted by Crippen LogP contribution is 2.25. The summed E-state index contributed by atoms with van der Waals surface area (Å²) in [6, 6.07) is 5.59. The van der Waals surface area contributed by atoms with Crippen LogP contribution < -0.4 is 5.32 Å². The molecule has 0 heterocycles. The van der Waals surface area contributed by atoms with Gasteiger partial charge in [0.1, 0.15) is 0 Å². The molecule has 0 unspecified atom stereocenters. The molecule has 1 nitrogen and oxygen atoms in total. The van der Waals surface area contributed by atoms with E-state index in [-0.39, 0.29) is 5.41 Å². The van der Waals surface area contributed by atoms with Crippen LogP contribution in [0.5, 0.6) is 0 Å². The van der Waals surface area contributed by atoms with Crippen LogP contribution in [0.25, 0.3) is 0 Å². The van der Waals surface area contributed by atoms with Gasteiger partial charge in [-0.15, -0.1) is 11.6 Å². The standard InChI is InChI=1S/C14H20Cl3N/c1-14(2,7-4-8-15)10-18-9-11-12(16)5-3-6-13(11)17/h3,5-6,18H,4,7-10H2,1-2H3. The normalized spacial score (nSPS) is 11.8. The van der Waals surface area contributed by atoms with E-state index in [4.69, 9.17) is 34.8 Å². The Balaban J connectivity index is 2.46. The quantitative estimate of drug-likeness (QED) is 0.689. The van der Waals surface area contributed by atoms with E-state index < -0.39 is 0 Å². The monoisotopic (exact) mass is 307 g/mol. The highest BCUT2D eigenvalue weighted by molar-refractivity contribution is 6.35. The first-order chi connectivity index (χ1) is 8.46. The minimum atomic E-state index is 0.239. The van der Waals surface area contributed by atoms with Crippen LogP contribution in [0.4, 0.5) is 0 Å². The lowest BCUT2D eigenvalue weighted by molar-refractivity contribution is 0.311. The van der Waals surface area contributed by atoms with Crippen molar-refractivity contribution in [1.82, 2.24) is 5.32 Å². The zero-order valence-electron chi connectivity index (χ0n) is 10.9. The molecule has 1 rings (SSSR count). The van der Waals surface area contributed by atoms with E-state index in [2.05, 4.69) is 19.2 Å². The van der Waals surface area contributed by atoms with E-state index in [0.29, 0.717) is 16.6 Å². The van der Waals surface area contributed by atoms with Crippen molar-refractivity contribution in [3.05, 3.63) is 33.8 Å². The minimum Gasteiger partial charge on any atom is -0.312 e. The maximum absolute atomic E-state index is 6.12. The molecule has 1 N–H and O–H groups in total. The summed E-state index contributed by atoms with van der Waals surface area (Å²) in [6.45, 7) is 6.09. The van der Waals surface area contributed by atoms with Crippen LogP contribution >= 0.6 is 34.8 Å². The van der Waals surface area contributed by atoms with Crippen LogP contribution in [-0.4, -0.2) is 12.4 Å². The second-order valence-corrected chi connectivity index (χ2v) is 6.45. The summed E-state index contributed by atoms with van der Waals surface area (Å²) in [4.78, 5) is 0. The lowest BCUT2D eigenvalue weighted by atomic mass is 9.88. The van der Waals surface area contributed by atoms with Gasteiger partial charge in [0.25, 0.3) is 0 Å². The van der Waals surface area contributed by atoms with Gasteiger partial charge in [-0.3, -0.25) is 0 Å². The Morgan fingerprint density at radius 3 is 2.33 bits per heavy atom. The van der Waals surface area contributed by atoms with Gasteiger partial charge in [0.15, 0.2) is 0 Å². The molecule has 0 spiro atoms. The summed E-state index contributed by atoms with van der Waals surface area (Å²) in [5, 5.41) is 4.85. The molecule has 0 atom stereocenters. The van der Waals surface area contributed by atoms with Crippen LogP contribution in [-0.2, 0) is 6.54 Å². The molecule has 4 heteroatoms. The van der Waals surface area contributed by atoms with E-state index in [1.54, 1.807) is 0 Å². The first-order valence-electron chi connectivity index (χ1n) is 6.16. The Labute approximate surface area is 125 Å². The van der Waals surface area contributed by atoms with Crippen LogP contribution in [0.15, 0.2) is 18.2 Å². The Morgan fingerprint density at radius 2 is 1.78 bits per heavy atom. The van der Waals surface area contributed by atoms with Crippen molar-refractivity contribution in [1.29, 1.82) is 0 Å². The third-order valence-corrected chi connectivity index (χ3v) is 3.93. The van der Waals surface area contributed by atoms with E-state index in [1.165, 1.54) is 0 Å². The summed E-state index contributed by atoms with van der Waals surface area (Å²) in [7, 11) is 0. The molecule has 18 heavy (non-hydrogen) atoms. The van der Waals surface area contributed by atoms with Crippen LogP contribution in [0.1, 0.15) is 32.3 Å². The van der Waals surface area contributed by atoms with E-state index in [0.717, 1.165) is 30.8 Å². The molecular weight excluding hydrogens is 289 g/mol. The average Bonchev–Trinajstić information content (AvgIpc) is 2.30. The van der Waals surface area contributed by atoms with Crippen molar-refractivity contribution in [3.63, 3.8) is 0 Å². The minimum absolute atomic E-state index is 0.239. The van der Waals surface area contributed by atoms with Crippen LogP contribution in [0.2, 0.25) is 10.0 Å². The smallest absolute Gasteiger partial charge is 0.0465 e. The van der Waals surface area contributed by atoms with Gasteiger partial charge in [0.2, 0.25) is 0 Å². The molecule has 0 fully saturated rings. The van der Waals surface area contributed by atoms with Gasteiger partial charge >= 0.3 is 0 Å². The first kappa shape index (κ1) is 16.1. The summed E-state index contributed by atoms with van der Waals surface area (Å²) >= 11 is 18.0. The number of halogens is 3. The predicted octanol–water partition coefficient (Wildman–Crippen LogP) is 5.13. The molecule has 0 radical (unpaired) electrons. The van der Waals surface area contributed by atoms with Crippen molar-refractivity contribution in [3.8, 4) is 0 Å². The summed E-state index contributed by atoms with van der Waals surface area (Å²) in [6.07, 6.45) is 2.16.